The van der Waals surface area contributed by atoms with E-state index in [4.69, 9.17) is 0 Å². The molecule has 0 spiro atoms. The Morgan fingerprint density at radius 1 is 1.42 bits per heavy atom. The van der Waals surface area contributed by atoms with Crippen LogP contribution in [-0.4, -0.2) is 39.0 Å². The van der Waals surface area contributed by atoms with Crippen LogP contribution in [0.4, 0.5) is 5.82 Å². The van der Waals surface area contributed by atoms with Crippen molar-refractivity contribution < 1.29 is 0 Å². The summed E-state index contributed by atoms with van der Waals surface area (Å²) in [6.07, 6.45) is 5.76. The molecule has 1 saturated heterocycles. The van der Waals surface area contributed by atoms with Gasteiger partial charge in [-0.1, -0.05) is 0 Å². The van der Waals surface area contributed by atoms with Gasteiger partial charge in [0, 0.05) is 30.7 Å². The van der Waals surface area contributed by atoms with Crippen LogP contribution in [0.5, 0.6) is 0 Å². The molecule has 1 N–H and O–H groups in total. The van der Waals surface area contributed by atoms with Gasteiger partial charge in [0.15, 0.2) is 0 Å². The summed E-state index contributed by atoms with van der Waals surface area (Å²) in [5.74, 6) is 0.913. The number of anilines is 1. The molecule has 5 nitrogen and oxygen atoms in total. The van der Waals surface area contributed by atoms with Crippen molar-refractivity contribution in [2.24, 2.45) is 0 Å². The Morgan fingerprint density at radius 2 is 2.42 bits per heavy atom. The number of thiazole rings is 1. The van der Waals surface area contributed by atoms with Crippen LogP contribution in [0.3, 0.4) is 0 Å². The molecule has 1 unspecified atom stereocenters. The maximum Gasteiger partial charge on any atom is 0.129 e. The van der Waals surface area contributed by atoms with Gasteiger partial charge in [0.1, 0.15) is 12.1 Å². The lowest BCUT2D eigenvalue weighted by Crippen LogP contribution is -2.41. The lowest BCUT2D eigenvalue weighted by molar-refractivity contribution is 0.206. The van der Waals surface area contributed by atoms with E-state index < -0.39 is 0 Å². The van der Waals surface area contributed by atoms with Gasteiger partial charge < -0.3 is 5.32 Å². The fraction of sp³-hybridized carbons (Fsp3) is 0.462. The van der Waals surface area contributed by atoms with Gasteiger partial charge in [-0.25, -0.2) is 15.0 Å². The van der Waals surface area contributed by atoms with E-state index in [2.05, 4.69) is 30.5 Å². The zero-order valence-corrected chi connectivity index (χ0v) is 11.5. The molecule has 3 rings (SSSR count). The number of hydrogen-bond acceptors (Lipinski definition) is 6. The number of aromatic nitrogens is 3. The summed E-state index contributed by atoms with van der Waals surface area (Å²) in [6.45, 7) is 3.15. The first-order valence-electron chi connectivity index (χ1n) is 6.52. The van der Waals surface area contributed by atoms with E-state index in [-0.39, 0.29) is 0 Å². The minimum Gasteiger partial charge on any atom is -0.366 e. The molecule has 2 aromatic rings. The highest BCUT2D eigenvalue weighted by Gasteiger charge is 2.20. The van der Waals surface area contributed by atoms with Crippen molar-refractivity contribution in [2.45, 2.75) is 25.4 Å². The maximum atomic E-state index is 4.36. The molecule has 0 radical (unpaired) electrons. The molecule has 0 bridgehead atoms. The number of piperidine rings is 1. The van der Waals surface area contributed by atoms with Crippen molar-refractivity contribution in [2.75, 3.05) is 18.4 Å². The average Bonchev–Trinajstić information content (AvgIpc) is 2.93. The fourth-order valence-electron chi connectivity index (χ4n) is 2.45. The average molecular weight is 275 g/mol. The quantitative estimate of drug-likeness (QED) is 0.925. The summed E-state index contributed by atoms with van der Waals surface area (Å²) in [7, 11) is 0. The summed E-state index contributed by atoms with van der Waals surface area (Å²) < 4.78 is 0. The highest BCUT2D eigenvalue weighted by atomic mass is 32.1. The first kappa shape index (κ1) is 12.5. The fourth-order valence-corrected chi connectivity index (χ4v) is 3.00. The molecule has 2 aromatic heterocycles. The van der Waals surface area contributed by atoms with Crippen LogP contribution in [-0.2, 0) is 6.54 Å². The molecule has 3 heterocycles. The van der Waals surface area contributed by atoms with E-state index in [1.54, 1.807) is 23.9 Å². The Balaban J connectivity index is 1.56. The molecule has 0 saturated carbocycles. The third kappa shape index (κ3) is 3.48. The van der Waals surface area contributed by atoms with Crippen molar-refractivity contribution >= 4 is 17.2 Å². The first-order chi connectivity index (χ1) is 9.40. The Morgan fingerprint density at radius 3 is 3.21 bits per heavy atom. The monoisotopic (exact) mass is 275 g/mol. The van der Waals surface area contributed by atoms with Crippen LogP contribution in [0.25, 0.3) is 0 Å². The molecule has 100 valence electrons. The largest absolute Gasteiger partial charge is 0.366 e. The number of nitrogens with zero attached hydrogens (tertiary/aromatic N) is 4. The van der Waals surface area contributed by atoms with Crippen molar-refractivity contribution in [3.05, 3.63) is 35.2 Å². The Hall–Kier alpha value is -1.53. The first-order valence-corrected chi connectivity index (χ1v) is 7.46. The molecule has 1 atom stereocenters. The van der Waals surface area contributed by atoms with E-state index in [1.807, 2.05) is 11.6 Å². The molecular formula is C13H17N5S. The van der Waals surface area contributed by atoms with Crippen LogP contribution in [0.15, 0.2) is 29.5 Å². The molecule has 1 fully saturated rings. The van der Waals surface area contributed by atoms with Gasteiger partial charge in [-0.15, -0.1) is 11.3 Å². The van der Waals surface area contributed by atoms with E-state index in [1.165, 1.54) is 18.5 Å². The van der Waals surface area contributed by atoms with Gasteiger partial charge in [0.05, 0.1) is 11.2 Å². The Labute approximate surface area is 116 Å². The van der Waals surface area contributed by atoms with E-state index in [0.29, 0.717) is 6.04 Å². The second-order valence-corrected chi connectivity index (χ2v) is 5.51. The number of hydrogen-bond donors (Lipinski definition) is 1. The maximum absolute atomic E-state index is 4.36. The molecule has 6 heteroatoms. The van der Waals surface area contributed by atoms with Crippen molar-refractivity contribution in [1.29, 1.82) is 0 Å². The summed E-state index contributed by atoms with van der Waals surface area (Å²) in [5, 5.41) is 5.61. The topological polar surface area (TPSA) is 53.9 Å². The van der Waals surface area contributed by atoms with Gasteiger partial charge in [0.25, 0.3) is 0 Å². The third-order valence-corrected chi connectivity index (χ3v) is 3.94. The van der Waals surface area contributed by atoms with Crippen molar-refractivity contribution in [1.82, 2.24) is 19.9 Å². The van der Waals surface area contributed by atoms with Crippen LogP contribution in [0.2, 0.25) is 0 Å². The summed E-state index contributed by atoms with van der Waals surface area (Å²) >= 11 is 1.66. The van der Waals surface area contributed by atoms with Crippen LogP contribution < -0.4 is 5.32 Å². The summed E-state index contributed by atoms with van der Waals surface area (Å²) in [5.41, 5.74) is 3.07. The SMILES string of the molecule is c1cc(NC2CCCN(Cc3cscn3)C2)ncn1. The highest BCUT2D eigenvalue weighted by Crippen LogP contribution is 2.16. The molecule has 1 aliphatic heterocycles. The van der Waals surface area contributed by atoms with Gasteiger partial charge >= 0.3 is 0 Å². The van der Waals surface area contributed by atoms with Gasteiger partial charge in [-0.05, 0) is 25.5 Å². The molecule has 1 aliphatic rings. The minimum absolute atomic E-state index is 0.460. The zero-order valence-electron chi connectivity index (χ0n) is 10.7. The van der Waals surface area contributed by atoms with Gasteiger partial charge in [0.2, 0.25) is 0 Å². The number of likely N-dealkylation sites (tertiary alicyclic amines) is 1. The van der Waals surface area contributed by atoms with Crippen molar-refractivity contribution in [3.8, 4) is 0 Å². The summed E-state index contributed by atoms with van der Waals surface area (Å²) in [6, 6.07) is 2.38. The smallest absolute Gasteiger partial charge is 0.129 e. The normalized spacial score (nSPS) is 20.3. The predicted molar refractivity (Wildman–Crippen MR) is 76.1 cm³/mol. The van der Waals surface area contributed by atoms with E-state index in [0.717, 1.165) is 25.5 Å². The van der Waals surface area contributed by atoms with E-state index >= 15 is 0 Å². The van der Waals surface area contributed by atoms with Gasteiger partial charge in [-0.3, -0.25) is 4.90 Å². The molecule has 0 amide bonds. The Bertz CT molecular complexity index is 487. The predicted octanol–water partition coefficient (Wildman–Crippen LogP) is 2.01. The van der Waals surface area contributed by atoms with E-state index in [9.17, 15) is 0 Å². The van der Waals surface area contributed by atoms with Crippen LogP contribution in [0, 0.1) is 0 Å². The number of nitrogens with one attached hydrogen (secondary N) is 1. The van der Waals surface area contributed by atoms with Gasteiger partial charge in [-0.2, -0.15) is 0 Å². The molecule has 0 aromatic carbocycles. The molecule has 0 aliphatic carbocycles. The zero-order chi connectivity index (χ0) is 12.9. The summed E-state index contributed by atoms with van der Waals surface area (Å²) in [4.78, 5) is 15.0. The lowest BCUT2D eigenvalue weighted by Gasteiger charge is -2.32. The lowest BCUT2D eigenvalue weighted by atomic mass is 10.1. The highest BCUT2D eigenvalue weighted by molar-refractivity contribution is 7.07. The van der Waals surface area contributed by atoms with Crippen molar-refractivity contribution in [3.63, 3.8) is 0 Å². The third-order valence-electron chi connectivity index (χ3n) is 3.31. The number of rotatable bonds is 4. The Kier molecular flexibility index (Phi) is 4.00. The van der Waals surface area contributed by atoms with Crippen LogP contribution in [0.1, 0.15) is 18.5 Å². The molecule has 19 heavy (non-hydrogen) atoms. The standard InChI is InChI=1S/C13H17N5S/c1-2-11(17-13-3-4-14-9-15-13)6-18(5-1)7-12-8-19-10-16-12/h3-4,8-11H,1-2,5-7H2,(H,14,15,17). The molecular weight excluding hydrogens is 258 g/mol. The second-order valence-electron chi connectivity index (χ2n) is 4.79. The second kappa shape index (κ2) is 6.08. The van der Waals surface area contributed by atoms with Crippen LogP contribution >= 0.6 is 11.3 Å². The minimum atomic E-state index is 0.460.